The van der Waals surface area contributed by atoms with Crippen LogP contribution >= 0.6 is 0 Å². The molecular weight excluding hydrogens is 268 g/mol. The highest BCUT2D eigenvalue weighted by atomic mass is 16.5. The summed E-state index contributed by atoms with van der Waals surface area (Å²) in [5, 5.41) is 0. The molecule has 2 fully saturated rings. The number of nitrogens with zero attached hydrogens (tertiary/aromatic N) is 1. The monoisotopic (exact) mass is 290 g/mol. The van der Waals surface area contributed by atoms with Crippen LogP contribution in [0.15, 0.2) is 18.2 Å². The molecular formula is C16H22N2O3. The molecule has 5 nitrogen and oxygen atoms in total. The molecule has 1 aromatic carbocycles. The Hall–Kier alpha value is -1.75. The fraction of sp³-hybridized carbons (Fsp3) is 0.562. The van der Waals surface area contributed by atoms with Crippen molar-refractivity contribution in [3.8, 4) is 5.75 Å². The lowest BCUT2D eigenvalue weighted by Gasteiger charge is -2.37. The molecule has 1 amide bonds. The number of nitrogen functional groups attached to an aromatic ring is 1. The Morgan fingerprint density at radius 3 is 3.10 bits per heavy atom. The van der Waals surface area contributed by atoms with Crippen molar-refractivity contribution in [1.82, 2.24) is 4.90 Å². The largest absolute Gasteiger partial charge is 0.492 e. The molecule has 1 aromatic rings. The topological polar surface area (TPSA) is 64.8 Å². The Kier molecular flexibility index (Phi) is 4.01. The van der Waals surface area contributed by atoms with Gasteiger partial charge in [0.15, 0.2) is 0 Å². The van der Waals surface area contributed by atoms with Gasteiger partial charge in [-0.15, -0.1) is 0 Å². The van der Waals surface area contributed by atoms with Crippen molar-refractivity contribution >= 4 is 11.6 Å². The Morgan fingerprint density at radius 1 is 1.48 bits per heavy atom. The van der Waals surface area contributed by atoms with Crippen LogP contribution in [0.5, 0.6) is 5.75 Å². The van der Waals surface area contributed by atoms with Crippen molar-refractivity contribution in [2.45, 2.75) is 38.3 Å². The van der Waals surface area contributed by atoms with Gasteiger partial charge in [-0.05, 0) is 44.4 Å². The van der Waals surface area contributed by atoms with Crippen LogP contribution in [-0.2, 0) is 4.74 Å². The third kappa shape index (κ3) is 2.70. The number of carbonyl (C=O) groups excluding carboxylic acids is 1. The molecule has 1 saturated carbocycles. The SMILES string of the molecule is CCOc1ccc(C(=O)N2CCOC3CCCC32)cc1N. The number of anilines is 1. The van der Waals surface area contributed by atoms with Gasteiger partial charge in [0.25, 0.3) is 5.91 Å². The normalized spacial score (nSPS) is 24.7. The standard InChI is InChI=1S/C16H22N2O3/c1-2-20-14-7-6-11(10-12(14)17)16(19)18-8-9-21-15-5-3-4-13(15)18/h6-7,10,13,15H,2-5,8-9,17H2,1H3. The third-order valence-electron chi connectivity index (χ3n) is 4.30. The van der Waals surface area contributed by atoms with Gasteiger partial charge in [0.2, 0.25) is 0 Å². The van der Waals surface area contributed by atoms with E-state index in [0.29, 0.717) is 36.8 Å². The Morgan fingerprint density at radius 2 is 2.33 bits per heavy atom. The van der Waals surface area contributed by atoms with E-state index in [-0.39, 0.29) is 18.1 Å². The maximum atomic E-state index is 12.7. The zero-order valence-electron chi connectivity index (χ0n) is 12.4. The van der Waals surface area contributed by atoms with E-state index >= 15 is 0 Å². The molecule has 1 heterocycles. The zero-order chi connectivity index (χ0) is 14.8. The highest BCUT2D eigenvalue weighted by Gasteiger charge is 2.38. The van der Waals surface area contributed by atoms with Crippen LogP contribution in [0.25, 0.3) is 0 Å². The number of carbonyl (C=O) groups is 1. The summed E-state index contributed by atoms with van der Waals surface area (Å²) in [4.78, 5) is 14.7. The van der Waals surface area contributed by atoms with Crippen LogP contribution in [-0.4, -0.2) is 42.7 Å². The summed E-state index contributed by atoms with van der Waals surface area (Å²) in [6.07, 6.45) is 3.43. The van der Waals surface area contributed by atoms with E-state index in [1.807, 2.05) is 11.8 Å². The minimum Gasteiger partial charge on any atom is -0.492 e. The summed E-state index contributed by atoms with van der Waals surface area (Å²) in [7, 11) is 0. The number of fused-ring (bicyclic) bond motifs is 1. The molecule has 0 spiro atoms. The first-order chi connectivity index (χ1) is 10.2. The molecule has 0 radical (unpaired) electrons. The molecule has 2 atom stereocenters. The number of nitrogens with two attached hydrogens (primary N) is 1. The average Bonchev–Trinajstić information content (AvgIpc) is 2.97. The van der Waals surface area contributed by atoms with Gasteiger partial charge in [-0.2, -0.15) is 0 Å². The second-order valence-corrected chi connectivity index (χ2v) is 5.59. The minimum absolute atomic E-state index is 0.0462. The van der Waals surface area contributed by atoms with Crippen LogP contribution in [0.3, 0.4) is 0 Å². The highest BCUT2D eigenvalue weighted by Crippen LogP contribution is 2.31. The van der Waals surface area contributed by atoms with E-state index in [1.165, 1.54) is 0 Å². The third-order valence-corrected chi connectivity index (χ3v) is 4.30. The molecule has 0 aromatic heterocycles. The highest BCUT2D eigenvalue weighted by molar-refractivity contribution is 5.95. The second kappa shape index (κ2) is 5.93. The molecule has 2 N–H and O–H groups in total. The average molecular weight is 290 g/mol. The molecule has 2 aliphatic rings. The van der Waals surface area contributed by atoms with E-state index in [9.17, 15) is 4.79 Å². The van der Waals surface area contributed by atoms with Crippen molar-refractivity contribution in [3.63, 3.8) is 0 Å². The van der Waals surface area contributed by atoms with Gasteiger partial charge >= 0.3 is 0 Å². The molecule has 1 aliphatic carbocycles. The van der Waals surface area contributed by atoms with Gasteiger partial charge in [0, 0.05) is 12.1 Å². The molecule has 21 heavy (non-hydrogen) atoms. The lowest BCUT2D eigenvalue weighted by Crippen LogP contribution is -2.51. The molecule has 0 bridgehead atoms. The molecule has 1 aliphatic heterocycles. The van der Waals surface area contributed by atoms with Crippen molar-refractivity contribution < 1.29 is 14.3 Å². The van der Waals surface area contributed by atoms with Crippen molar-refractivity contribution in [2.24, 2.45) is 0 Å². The smallest absolute Gasteiger partial charge is 0.254 e. The van der Waals surface area contributed by atoms with E-state index in [0.717, 1.165) is 19.3 Å². The van der Waals surface area contributed by atoms with Crippen LogP contribution in [0, 0.1) is 0 Å². The number of amides is 1. The first-order valence-electron chi connectivity index (χ1n) is 7.65. The number of morpholine rings is 1. The predicted molar refractivity (Wildman–Crippen MR) is 80.4 cm³/mol. The number of ether oxygens (including phenoxy) is 2. The van der Waals surface area contributed by atoms with Crippen molar-refractivity contribution in [1.29, 1.82) is 0 Å². The number of rotatable bonds is 3. The molecule has 2 unspecified atom stereocenters. The van der Waals surface area contributed by atoms with E-state index in [1.54, 1.807) is 18.2 Å². The predicted octanol–water partition coefficient (Wildman–Crippen LogP) is 2.06. The summed E-state index contributed by atoms with van der Waals surface area (Å²) in [6, 6.07) is 5.51. The maximum Gasteiger partial charge on any atom is 0.254 e. The molecule has 1 saturated heterocycles. The first-order valence-corrected chi connectivity index (χ1v) is 7.65. The summed E-state index contributed by atoms with van der Waals surface area (Å²) in [5.74, 6) is 0.680. The van der Waals surface area contributed by atoms with Gasteiger partial charge in [0.1, 0.15) is 5.75 Å². The summed E-state index contributed by atoms with van der Waals surface area (Å²) >= 11 is 0. The second-order valence-electron chi connectivity index (χ2n) is 5.59. The van der Waals surface area contributed by atoms with Crippen molar-refractivity contribution in [3.05, 3.63) is 23.8 Å². The van der Waals surface area contributed by atoms with Crippen LogP contribution in [0.4, 0.5) is 5.69 Å². The molecule has 3 rings (SSSR count). The Balaban J connectivity index is 1.79. The molecule has 5 heteroatoms. The quantitative estimate of drug-likeness (QED) is 0.865. The summed E-state index contributed by atoms with van der Waals surface area (Å²) in [5.41, 5.74) is 7.10. The lowest BCUT2D eigenvalue weighted by atomic mass is 10.1. The molecule has 114 valence electrons. The van der Waals surface area contributed by atoms with E-state index in [2.05, 4.69) is 0 Å². The van der Waals surface area contributed by atoms with Crippen molar-refractivity contribution in [2.75, 3.05) is 25.5 Å². The Bertz CT molecular complexity index is 532. The summed E-state index contributed by atoms with van der Waals surface area (Å²) < 4.78 is 11.2. The Labute approximate surface area is 125 Å². The maximum absolute atomic E-state index is 12.7. The number of hydrogen-bond acceptors (Lipinski definition) is 4. The van der Waals surface area contributed by atoms with Gasteiger partial charge in [-0.25, -0.2) is 0 Å². The fourth-order valence-corrected chi connectivity index (χ4v) is 3.31. The fourth-order valence-electron chi connectivity index (χ4n) is 3.31. The van der Waals surface area contributed by atoms with Gasteiger partial charge in [0.05, 0.1) is 31.0 Å². The zero-order valence-corrected chi connectivity index (χ0v) is 12.4. The van der Waals surface area contributed by atoms with E-state index in [4.69, 9.17) is 15.2 Å². The van der Waals surface area contributed by atoms with Crippen LogP contribution in [0.2, 0.25) is 0 Å². The van der Waals surface area contributed by atoms with Crippen LogP contribution in [0.1, 0.15) is 36.5 Å². The van der Waals surface area contributed by atoms with Gasteiger partial charge < -0.3 is 20.1 Å². The minimum atomic E-state index is 0.0462. The first kappa shape index (κ1) is 14.2. The summed E-state index contributed by atoms with van der Waals surface area (Å²) in [6.45, 7) is 3.75. The van der Waals surface area contributed by atoms with Gasteiger partial charge in [-0.1, -0.05) is 0 Å². The van der Waals surface area contributed by atoms with Gasteiger partial charge in [-0.3, -0.25) is 4.79 Å². The van der Waals surface area contributed by atoms with E-state index < -0.39 is 0 Å². The number of hydrogen-bond donors (Lipinski definition) is 1. The lowest BCUT2D eigenvalue weighted by molar-refractivity contribution is -0.0445. The number of benzene rings is 1. The van der Waals surface area contributed by atoms with Crippen LogP contribution < -0.4 is 10.5 Å².